The number of esters is 2. The van der Waals surface area contributed by atoms with Crippen LogP contribution in [0, 0.1) is 52.8 Å². The molecule has 7 aliphatic rings. The lowest BCUT2D eigenvalue weighted by molar-refractivity contribution is -0.149. The van der Waals surface area contributed by atoms with Gasteiger partial charge in [0.25, 0.3) is 0 Å². The molecule has 0 bridgehead atoms. The molecule has 7 rings (SSSR count). The van der Waals surface area contributed by atoms with Gasteiger partial charge >= 0.3 is 11.9 Å². The summed E-state index contributed by atoms with van der Waals surface area (Å²) in [4.78, 5) is 53.6. The lowest BCUT2D eigenvalue weighted by atomic mass is 9.57. The Bertz CT molecular complexity index is 1190. The molecule has 0 aromatic heterocycles. The Morgan fingerprint density at radius 3 is 2.25 bits per heavy atom. The molecule has 11 atom stereocenters. The SMILES string of the molecule is C=C1CCC2C(C)C(=O)OC2C2C1CC(=O)C21CCC2CCC3C(C)C(=O)OC3C3C(=C)C(=O)C1=C23. The lowest BCUT2D eigenvalue weighted by Crippen LogP contribution is -2.47. The molecular formula is C30H34O6. The van der Waals surface area contributed by atoms with E-state index in [4.69, 9.17) is 9.47 Å². The molecule has 6 nitrogen and oxygen atoms in total. The number of Topliss-reactive ketones (excluding diaryl/α,β-unsaturated/α-hetero) is 2. The van der Waals surface area contributed by atoms with Gasteiger partial charge in [-0.2, -0.15) is 0 Å². The largest absolute Gasteiger partial charge is 0.461 e. The number of rotatable bonds is 0. The highest BCUT2D eigenvalue weighted by Gasteiger charge is 2.69. The van der Waals surface area contributed by atoms with Crippen LogP contribution in [0.2, 0.25) is 0 Å². The molecule has 5 fully saturated rings. The summed E-state index contributed by atoms with van der Waals surface area (Å²) in [6.45, 7) is 12.5. The van der Waals surface area contributed by atoms with Crippen LogP contribution in [-0.2, 0) is 28.7 Å². The second-order valence-corrected chi connectivity index (χ2v) is 12.6. The Balaban J connectivity index is 1.43. The summed E-state index contributed by atoms with van der Waals surface area (Å²) in [5.41, 5.74) is 2.20. The minimum absolute atomic E-state index is 0.0287. The molecule has 3 saturated carbocycles. The van der Waals surface area contributed by atoms with Crippen molar-refractivity contribution in [3.63, 3.8) is 0 Å². The molecule has 2 saturated heterocycles. The number of carbonyl (C=O) groups excluding carboxylic acids is 4. The van der Waals surface area contributed by atoms with Gasteiger partial charge in [-0.3, -0.25) is 19.2 Å². The molecule has 0 N–H and O–H groups in total. The number of fused-ring (bicyclic) bond motifs is 7. The Morgan fingerprint density at radius 1 is 0.861 bits per heavy atom. The zero-order chi connectivity index (χ0) is 25.3. The summed E-state index contributed by atoms with van der Waals surface area (Å²) in [7, 11) is 0. The number of carbonyl (C=O) groups is 4. The van der Waals surface area contributed by atoms with Crippen LogP contribution in [-0.4, -0.2) is 35.7 Å². The van der Waals surface area contributed by atoms with Gasteiger partial charge in [-0.15, -0.1) is 0 Å². The third-order valence-electron chi connectivity index (χ3n) is 11.4. The van der Waals surface area contributed by atoms with Gasteiger partial charge in [-0.1, -0.05) is 32.6 Å². The quantitative estimate of drug-likeness (QED) is 0.288. The topological polar surface area (TPSA) is 86.7 Å². The molecule has 2 heterocycles. The first kappa shape index (κ1) is 22.7. The van der Waals surface area contributed by atoms with E-state index in [0.29, 0.717) is 24.0 Å². The van der Waals surface area contributed by atoms with E-state index in [9.17, 15) is 19.2 Å². The first-order valence-electron chi connectivity index (χ1n) is 13.8. The Morgan fingerprint density at radius 2 is 1.53 bits per heavy atom. The standard InChI is InChI=1S/C30H34O6/c1-12-5-7-18-14(3)29(34)36-27(18)23-19(12)11-20(31)30(23)10-9-16-6-8-17-13(2)28(33)35-26(17)21-15(4)25(32)24(30)22(16)21/h13-14,16-19,21,23,26-27H,1,4-11H2,2-3H3. The maximum absolute atomic E-state index is 14.2. The fourth-order valence-corrected chi connectivity index (χ4v) is 9.60. The van der Waals surface area contributed by atoms with E-state index < -0.39 is 5.41 Å². The molecule has 0 amide bonds. The summed E-state index contributed by atoms with van der Waals surface area (Å²) in [5, 5.41) is 0. The van der Waals surface area contributed by atoms with E-state index in [2.05, 4.69) is 13.2 Å². The first-order valence-corrected chi connectivity index (χ1v) is 13.8. The number of allylic oxidation sites excluding steroid dienone is 2. The normalized spacial score (nSPS) is 49.4. The molecule has 2 aliphatic heterocycles. The van der Waals surface area contributed by atoms with E-state index in [1.165, 1.54) is 0 Å². The fourth-order valence-electron chi connectivity index (χ4n) is 9.60. The van der Waals surface area contributed by atoms with Crippen molar-refractivity contribution in [1.29, 1.82) is 0 Å². The average molecular weight is 491 g/mol. The van der Waals surface area contributed by atoms with Crippen molar-refractivity contribution in [1.82, 2.24) is 0 Å². The minimum Gasteiger partial charge on any atom is -0.461 e. The molecule has 0 radical (unpaired) electrons. The average Bonchev–Trinajstić information content (AvgIpc) is 3.41. The van der Waals surface area contributed by atoms with Crippen molar-refractivity contribution in [3.05, 3.63) is 35.5 Å². The summed E-state index contributed by atoms with van der Waals surface area (Å²) < 4.78 is 12.0. The van der Waals surface area contributed by atoms with Gasteiger partial charge in [0.1, 0.15) is 18.0 Å². The van der Waals surface area contributed by atoms with Crippen LogP contribution in [0.15, 0.2) is 35.5 Å². The van der Waals surface area contributed by atoms with E-state index in [-0.39, 0.29) is 83.1 Å². The maximum Gasteiger partial charge on any atom is 0.309 e. The molecule has 11 unspecified atom stereocenters. The highest BCUT2D eigenvalue weighted by molar-refractivity contribution is 6.17. The van der Waals surface area contributed by atoms with Crippen molar-refractivity contribution in [2.45, 2.75) is 71.0 Å². The van der Waals surface area contributed by atoms with Gasteiger partial charge in [-0.05, 0) is 55.9 Å². The molecule has 6 heteroatoms. The monoisotopic (exact) mass is 490 g/mol. The minimum atomic E-state index is -0.972. The molecule has 0 aromatic rings. The van der Waals surface area contributed by atoms with Crippen molar-refractivity contribution in [2.24, 2.45) is 52.8 Å². The molecule has 36 heavy (non-hydrogen) atoms. The van der Waals surface area contributed by atoms with Gasteiger partial charge in [0.05, 0.1) is 17.3 Å². The van der Waals surface area contributed by atoms with Gasteiger partial charge in [0.15, 0.2) is 5.78 Å². The van der Waals surface area contributed by atoms with Gasteiger partial charge in [-0.25, -0.2) is 0 Å². The van der Waals surface area contributed by atoms with Crippen LogP contribution in [0.5, 0.6) is 0 Å². The van der Waals surface area contributed by atoms with E-state index in [0.717, 1.165) is 43.3 Å². The maximum atomic E-state index is 14.2. The summed E-state index contributed by atoms with van der Waals surface area (Å²) in [6.07, 6.45) is 4.38. The van der Waals surface area contributed by atoms with Crippen LogP contribution < -0.4 is 0 Å². The molecular weight excluding hydrogens is 456 g/mol. The van der Waals surface area contributed by atoms with Crippen LogP contribution in [0.25, 0.3) is 0 Å². The van der Waals surface area contributed by atoms with Crippen molar-refractivity contribution in [2.75, 3.05) is 0 Å². The molecule has 1 spiro atoms. The second-order valence-electron chi connectivity index (χ2n) is 12.6. The lowest BCUT2D eigenvalue weighted by Gasteiger charge is -2.45. The third-order valence-corrected chi connectivity index (χ3v) is 11.4. The fraction of sp³-hybridized carbons (Fsp3) is 0.667. The van der Waals surface area contributed by atoms with Crippen LogP contribution >= 0.6 is 0 Å². The number of ketones is 2. The summed E-state index contributed by atoms with van der Waals surface area (Å²) in [5.74, 6) is -1.25. The third kappa shape index (κ3) is 2.54. The Hall–Kier alpha value is -2.50. The molecule has 0 aromatic carbocycles. The highest BCUT2D eigenvalue weighted by atomic mass is 16.6. The van der Waals surface area contributed by atoms with Crippen molar-refractivity contribution < 1.29 is 28.7 Å². The Labute approximate surface area is 211 Å². The predicted octanol–water partition coefficient (Wildman–Crippen LogP) is 4.14. The molecule has 5 aliphatic carbocycles. The number of ether oxygens (including phenoxy) is 2. The highest BCUT2D eigenvalue weighted by Crippen LogP contribution is 2.67. The first-order chi connectivity index (χ1) is 17.2. The van der Waals surface area contributed by atoms with Gasteiger partial charge in [0, 0.05) is 41.2 Å². The Kier molecular flexibility index (Phi) is 4.59. The van der Waals surface area contributed by atoms with Gasteiger partial charge < -0.3 is 9.47 Å². The van der Waals surface area contributed by atoms with E-state index in [1.807, 2.05) is 13.8 Å². The zero-order valence-corrected chi connectivity index (χ0v) is 21.1. The van der Waals surface area contributed by atoms with Gasteiger partial charge in [0.2, 0.25) is 0 Å². The van der Waals surface area contributed by atoms with E-state index >= 15 is 0 Å². The molecule has 190 valence electrons. The predicted molar refractivity (Wildman–Crippen MR) is 129 cm³/mol. The van der Waals surface area contributed by atoms with Crippen LogP contribution in [0.4, 0.5) is 0 Å². The second kappa shape index (κ2) is 7.29. The van der Waals surface area contributed by atoms with Crippen LogP contribution in [0.1, 0.15) is 58.8 Å². The summed E-state index contributed by atoms with van der Waals surface area (Å²) >= 11 is 0. The number of hydrogen-bond donors (Lipinski definition) is 0. The summed E-state index contributed by atoms with van der Waals surface area (Å²) in [6, 6.07) is 0. The van der Waals surface area contributed by atoms with Crippen molar-refractivity contribution in [3.8, 4) is 0 Å². The smallest absolute Gasteiger partial charge is 0.309 e. The number of hydrogen-bond acceptors (Lipinski definition) is 6. The van der Waals surface area contributed by atoms with Crippen LogP contribution in [0.3, 0.4) is 0 Å². The van der Waals surface area contributed by atoms with Crippen molar-refractivity contribution >= 4 is 23.5 Å². The van der Waals surface area contributed by atoms with E-state index in [1.54, 1.807) is 0 Å². The zero-order valence-electron chi connectivity index (χ0n) is 21.1.